The van der Waals surface area contributed by atoms with E-state index in [2.05, 4.69) is 5.32 Å². The number of anilines is 1. The van der Waals surface area contributed by atoms with Crippen LogP contribution in [0.2, 0.25) is 15.1 Å². The first-order valence-electron chi connectivity index (χ1n) is 6.67. The highest BCUT2D eigenvalue weighted by molar-refractivity contribution is 6.42. The highest BCUT2D eigenvalue weighted by atomic mass is 35.5. The molecule has 0 radical (unpaired) electrons. The largest absolute Gasteiger partial charge is 0.497 e. The zero-order chi connectivity index (χ0) is 17.0. The monoisotopic (exact) mass is 373 g/mol. The molecule has 0 spiro atoms. The van der Waals surface area contributed by atoms with Crippen LogP contribution >= 0.6 is 34.8 Å². The average molecular weight is 375 g/mol. The maximum absolute atomic E-state index is 12.2. The summed E-state index contributed by atoms with van der Waals surface area (Å²) in [5.41, 5.74) is 0.295. The van der Waals surface area contributed by atoms with Crippen molar-refractivity contribution in [3.63, 3.8) is 0 Å². The number of benzene rings is 2. The van der Waals surface area contributed by atoms with Gasteiger partial charge in [-0.25, -0.2) is 0 Å². The van der Waals surface area contributed by atoms with E-state index in [1.165, 1.54) is 12.1 Å². The maximum atomic E-state index is 12.2. The van der Waals surface area contributed by atoms with Gasteiger partial charge in [-0.1, -0.05) is 40.9 Å². The molecule has 0 fully saturated rings. The van der Waals surface area contributed by atoms with Gasteiger partial charge in [0.2, 0.25) is 0 Å². The number of carbonyl (C=O) groups excluding carboxylic acids is 1. The lowest BCUT2D eigenvalue weighted by Gasteiger charge is -2.16. The number of amides is 1. The Hall–Kier alpha value is -1.62. The van der Waals surface area contributed by atoms with Crippen molar-refractivity contribution < 1.29 is 14.3 Å². The first kappa shape index (κ1) is 17.7. The summed E-state index contributed by atoms with van der Waals surface area (Å²) < 4.78 is 10.7. The molecule has 2 aromatic carbocycles. The van der Waals surface area contributed by atoms with Gasteiger partial charge in [0.1, 0.15) is 11.5 Å². The van der Waals surface area contributed by atoms with Gasteiger partial charge in [-0.05, 0) is 31.2 Å². The molecule has 1 unspecified atom stereocenters. The van der Waals surface area contributed by atoms with Crippen LogP contribution in [0.5, 0.6) is 11.5 Å². The van der Waals surface area contributed by atoms with Crippen LogP contribution < -0.4 is 14.8 Å². The Bertz CT molecular complexity index is 698. The fourth-order valence-electron chi connectivity index (χ4n) is 1.82. The van der Waals surface area contributed by atoms with E-state index < -0.39 is 6.10 Å². The molecule has 7 heteroatoms. The second-order valence-electron chi connectivity index (χ2n) is 4.67. The van der Waals surface area contributed by atoms with E-state index >= 15 is 0 Å². The number of carbonyl (C=O) groups is 1. The molecule has 1 N–H and O–H groups in total. The number of rotatable bonds is 5. The number of hydrogen-bond donors (Lipinski definition) is 1. The van der Waals surface area contributed by atoms with Gasteiger partial charge in [-0.3, -0.25) is 4.79 Å². The van der Waals surface area contributed by atoms with E-state index in [0.29, 0.717) is 22.2 Å². The summed E-state index contributed by atoms with van der Waals surface area (Å²) in [6, 6.07) is 9.97. The maximum Gasteiger partial charge on any atom is 0.265 e. The van der Waals surface area contributed by atoms with E-state index in [-0.39, 0.29) is 16.0 Å². The summed E-state index contributed by atoms with van der Waals surface area (Å²) in [4.78, 5) is 12.2. The summed E-state index contributed by atoms with van der Waals surface area (Å²) in [6.07, 6.45) is -0.759. The first-order chi connectivity index (χ1) is 10.9. The number of hydrogen-bond acceptors (Lipinski definition) is 3. The minimum Gasteiger partial charge on any atom is -0.497 e. The third kappa shape index (κ3) is 4.67. The Balaban J connectivity index is 2.08. The lowest BCUT2D eigenvalue weighted by Crippen LogP contribution is -2.30. The summed E-state index contributed by atoms with van der Waals surface area (Å²) >= 11 is 17.9. The molecule has 0 aliphatic carbocycles. The van der Waals surface area contributed by atoms with Crippen LogP contribution in [-0.4, -0.2) is 19.1 Å². The number of nitrogens with one attached hydrogen (secondary N) is 1. The SMILES string of the molecule is COc1cccc(OC(C)C(=O)Nc2c(Cl)cc(Cl)cc2Cl)c1. The molecular weight excluding hydrogens is 361 g/mol. The molecule has 0 aromatic heterocycles. The third-order valence-electron chi connectivity index (χ3n) is 2.98. The van der Waals surface area contributed by atoms with Crippen LogP contribution in [0, 0.1) is 0 Å². The molecule has 23 heavy (non-hydrogen) atoms. The molecule has 0 aliphatic heterocycles. The average Bonchev–Trinajstić information content (AvgIpc) is 2.50. The number of halogens is 3. The van der Waals surface area contributed by atoms with E-state index in [0.717, 1.165) is 0 Å². The van der Waals surface area contributed by atoms with Crippen LogP contribution in [0.1, 0.15) is 6.92 Å². The van der Waals surface area contributed by atoms with Gasteiger partial charge >= 0.3 is 0 Å². The van der Waals surface area contributed by atoms with Crippen molar-refractivity contribution in [3.8, 4) is 11.5 Å². The second kappa shape index (κ2) is 7.77. The highest BCUT2D eigenvalue weighted by Gasteiger charge is 2.18. The Kier molecular flexibility index (Phi) is 5.99. The second-order valence-corrected chi connectivity index (χ2v) is 5.92. The van der Waals surface area contributed by atoms with Crippen molar-refractivity contribution in [1.82, 2.24) is 0 Å². The highest BCUT2D eigenvalue weighted by Crippen LogP contribution is 2.33. The standard InChI is InChI=1S/C16H14Cl3NO3/c1-9(23-12-5-3-4-11(8-12)22-2)16(21)20-15-13(18)6-10(17)7-14(15)19/h3-9H,1-2H3,(H,20,21). The molecule has 0 saturated carbocycles. The zero-order valence-corrected chi connectivity index (χ0v) is 14.7. The zero-order valence-electron chi connectivity index (χ0n) is 12.4. The van der Waals surface area contributed by atoms with Gasteiger partial charge in [0.15, 0.2) is 6.10 Å². The lowest BCUT2D eigenvalue weighted by atomic mass is 10.2. The molecule has 0 heterocycles. The summed E-state index contributed by atoms with van der Waals surface area (Å²) in [5.74, 6) is 0.762. The van der Waals surface area contributed by atoms with Gasteiger partial charge in [0.05, 0.1) is 22.8 Å². The fraction of sp³-hybridized carbons (Fsp3) is 0.188. The van der Waals surface area contributed by atoms with E-state index in [1.54, 1.807) is 38.3 Å². The summed E-state index contributed by atoms with van der Waals surface area (Å²) in [7, 11) is 1.56. The van der Waals surface area contributed by atoms with Gasteiger partial charge in [0.25, 0.3) is 5.91 Å². The van der Waals surface area contributed by atoms with Crippen molar-refractivity contribution in [3.05, 3.63) is 51.5 Å². The predicted molar refractivity (Wildman–Crippen MR) is 93.2 cm³/mol. The van der Waals surface area contributed by atoms with Crippen LogP contribution in [0.3, 0.4) is 0 Å². The van der Waals surface area contributed by atoms with E-state index in [1.807, 2.05) is 0 Å². The van der Waals surface area contributed by atoms with Crippen LogP contribution in [0.4, 0.5) is 5.69 Å². The summed E-state index contributed by atoms with van der Waals surface area (Å²) in [5, 5.41) is 3.53. The van der Waals surface area contributed by atoms with E-state index in [4.69, 9.17) is 44.3 Å². The fourth-order valence-corrected chi connectivity index (χ4v) is 2.73. The Morgan fingerprint density at radius 1 is 1.09 bits per heavy atom. The third-order valence-corrected chi connectivity index (χ3v) is 3.79. The van der Waals surface area contributed by atoms with Crippen LogP contribution in [0.25, 0.3) is 0 Å². The van der Waals surface area contributed by atoms with Crippen molar-refractivity contribution in [1.29, 1.82) is 0 Å². The molecular formula is C16H14Cl3NO3. The van der Waals surface area contributed by atoms with Gasteiger partial charge < -0.3 is 14.8 Å². The molecule has 0 saturated heterocycles. The lowest BCUT2D eigenvalue weighted by molar-refractivity contribution is -0.122. The van der Waals surface area contributed by atoms with Crippen LogP contribution in [-0.2, 0) is 4.79 Å². The summed E-state index contributed by atoms with van der Waals surface area (Å²) in [6.45, 7) is 1.62. The molecule has 122 valence electrons. The van der Waals surface area contributed by atoms with Gasteiger partial charge in [0, 0.05) is 11.1 Å². The normalized spacial score (nSPS) is 11.7. The smallest absolute Gasteiger partial charge is 0.265 e. The minimum atomic E-state index is -0.759. The molecule has 1 amide bonds. The number of ether oxygens (including phenoxy) is 2. The van der Waals surface area contributed by atoms with Crippen LogP contribution in [0.15, 0.2) is 36.4 Å². The topological polar surface area (TPSA) is 47.6 Å². The Morgan fingerprint density at radius 2 is 1.70 bits per heavy atom. The predicted octanol–water partition coefficient (Wildman–Crippen LogP) is 5.06. The molecule has 2 aromatic rings. The molecule has 0 aliphatic rings. The molecule has 1 atom stereocenters. The molecule has 2 rings (SSSR count). The minimum absolute atomic E-state index is 0.254. The van der Waals surface area contributed by atoms with Gasteiger partial charge in [-0.15, -0.1) is 0 Å². The van der Waals surface area contributed by atoms with E-state index in [9.17, 15) is 4.79 Å². The quantitative estimate of drug-likeness (QED) is 0.795. The van der Waals surface area contributed by atoms with Crippen molar-refractivity contribution in [2.75, 3.05) is 12.4 Å². The van der Waals surface area contributed by atoms with Gasteiger partial charge in [-0.2, -0.15) is 0 Å². The number of methoxy groups -OCH3 is 1. The molecule has 4 nitrogen and oxygen atoms in total. The first-order valence-corrected chi connectivity index (χ1v) is 7.80. The Labute approximate surface area is 149 Å². The van der Waals surface area contributed by atoms with Crippen molar-refractivity contribution in [2.24, 2.45) is 0 Å². The molecule has 0 bridgehead atoms. The van der Waals surface area contributed by atoms with Crippen molar-refractivity contribution >= 4 is 46.4 Å². The Morgan fingerprint density at radius 3 is 2.30 bits per heavy atom. The van der Waals surface area contributed by atoms with Crippen molar-refractivity contribution in [2.45, 2.75) is 13.0 Å².